The first-order valence-corrected chi connectivity index (χ1v) is 39.8. The molecule has 0 radical (unpaired) electrons. The molecule has 4 aliphatic carbocycles. The van der Waals surface area contributed by atoms with Crippen LogP contribution in [0, 0.1) is 53.3 Å². The molecule has 6 saturated heterocycles. The monoisotopic (exact) mass is 1710 g/mol. The molecule has 0 aromatic rings. The lowest BCUT2D eigenvalue weighted by Crippen LogP contribution is -2.60. The van der Waals surface area contributed by atoms with Crippen molar-refractivity contribution < 1.29 is 163 Å². The van der Waals surface area contributed by atoms with Crippen LogP contribution in [0.2, 0.25) is 0 Å². The average Bonchev–Trinajstić information content (AvgIpc) is 1.59. The molecule has 0 amide bonds. The van der Waals surface area contributed by atoms with Crippen LogP contribution >= 0.6 is 0 Å². The molecule has 4 N–H and O–H groups in total. The van der Waals surface area contributed by atoms with Crippen molar-refractivity contribution in [1.82, 2.24) is 0 Å². The fourth-order valence-electron chi connectivity index (χ4n) is 15.5. The molecule has 8 fully saturated rings. The first kappa shape index (κ1) is 98.6. The van der Waals surface area contributed by atoms with Gasteiger partial charge in [-0.25, -0.2) is 38.4 Å². The number of Topliss-reactive ketones (excluding diaryl/α,β-unsaturated/α-hetero) is 3. The maximum Gasteiger partial charge on any atom is 0.334 e. The zero-order valence-corrected chi connectivity index (χ0v) is 71.9. The minimum Gasteiger partial charge on any atom is -0.458 e. The summed E-state index contributed by atoms with van der Waals surface area (Å²) < 4.78 is 76.7. The van der Waals surface area contributed by atoms with E-state index >= 15 is 0 Å². The van der Waals surface area contributed by atoms with Gasteiger partial charge in [0.1, 0.15) is 36.6 Å². The largest absolute Gasteiger partial charge is 0.458 e. The standard InChI is InChI=1S/C23H30O9.C23H30O8.C21H26O9.C21H26O8/c1-9(2)20(25)31-16-14-12(6)22(27)29-13(14)8-11(5)15-17(30-15)18(24)23(7,28)19(16)32-21(26)10(3)4;1-11(2)20(25)30-18-17-14(6)22(27)29-15(17)10-13(5)8-9-16(24)23(7,28)19(18)31-21(26)12(3)4;1-8(2)19(24)30-15-13-10(4)20(25)28-12(13)7-9(3)14-16(29-14)17(23)21(6,26)18(15)27-11(5)22;1-10(2)19(24)29-17-16-12(4)20(25)28-14(16)9-11(3)7-8-15(23)21(6,26)18(17)27-13(5)22/h10-11,13-17,19,28H,1,6,8H2,2-5,7H3;8-9,12-13,15,17-19,28H,1,6,10H2,2-5,7H3;9,12-16,18,26H,1,4,7H2,2-3,5-6H3;7,14,16-18,26H,1,4,8-9H2,2-3,5-6H3/b;9-8-;;11-7-/t11-,13-,14+,15+,16+,17+,19-,23-;13-,15+,17-,18-,19+,23+;9-,12-,13+,14+,15+,16+,18-,21-;14-,16+,17+,18-,21-/m1011/s1. The number of hydrogen-bond donors (Lipinski definition) is 4. The average molecular weight is 1710 g/mol. The smallest absolute Gasteiger partial charge is 0.334 e. The van der Waals surface area contributed by atoms with Gasteiger partial charge in [0.2, 0.25) is 0 Å². The fourth-order valence-corrected chi connectivity index (χ4v) is 15.5. The zero-order valence-electron chi connectivity index (χ0n) is 71.9. The van der Waals surface area contributed by atoms with Crippen LogP contribution in [0.3, 0.4) is 0 Å². The summed E-state index contributed by atoms with van der Waals surface area (Å²) in [5.74, 6) is -17.4. The minimum atomic E-state index is -2.28. The molecule has 27 atom stereocenters. The number of carbonyl (C=O) groups excluding carboxylic acids is 16. The zero-order chi connectivity index (χ0) is 92.4. The lowest BCUT2D eigenvalue weighted by atomic mass is 9.75. The second kappa shape index (κ2) is 38.5. The second-order valence-corrected chi connectivity index (χ2v) is 34.3. The van der Waals surface area contributed by atoms with Gasteiger partial charge in [0.05, 0.1) is 47.7 Å². The van der Waals surface area contributed by atoms with Gasteiger partial charge in [-0.1, -0.05) is 119 Å². The van der Waals surface area contributed by atoms with Crippen LogP contribution in [0.1, 0.15) is 157 Å². The molecule has 668 valence electrons. The molecule has 34 heteroatoms. The Balaban J connectivity index is 0.000000224. The summed E-state index contributed by atoms with van der Waals surface area (Å²) >= 11 is 0. The Morgan fingerprint density at radius 1 is 0.426 bits per heavy atom. The maximum absolute atomic E-state index is 13.2. The fraction of sp³-hybridized carbons (Fsp3) is 0.591. The van der Waals surface area contributed by atoms with Crippen molar-refractivity contribution in [3.63, 3.8) is 0 Å². The van der Waals surface area contributed by atoms with Gasteiger partial charge in [0.15, 0.2) is 94.4 Å². The molecular formula is C88H112O34. The number of ether oxygens (including phenoxy) is 14. The van der Waals surface area contributed by atoms with E-state index < -0.39 is 250 Å². The second-order valence-electron chi connectivity index (χ2n) is 34.3. The van der Waals surface area contributed by atoms with Gasteiger partial charge in [-0.2, -0.15) is 0 Å². The SMILES string of the molecule is C=C(C)C(=O)O[C@H]1[C@H]2C(=C)C(=O)O[C@@H]2C/C(C)=C\CC(=O)[C@@](C)(O)[C@@H]1OC(C)=O.C=C(C)C(=O)O[C@H]1[C@H]2C(=C)C(=O)O[C@@H]2C[C@@H](C)/C=C\C(=O)[C@@](C)(O)[C@@H]1OC(=O)C(C)C.C=C(C)C(=O)O[C@H]1[C@H]2C(=C)C(=O)O[C@@H]2C[C@@H](C)[C@@H]2O[C@@H]2C(=O)[C@@](C)(O)[C@@H]1OC(=O)C(C)C.C=C(C)C(=O)O[C@H]1[C@H]2C(=C)C(=O)O[C@@H]2C[C@@H](C)[C@@H]2O[C@@H]2C(=O)[C@@](C)(O)[C@@H]1OC(C)=O. The predicted octanol–water partition coefficient (Wildman–Crippen LogP) is 5.52. The number of hydrogen-bond acceptors (Lipinski definition) is 34. The Hall–Kier alpha value is -10.5. The third kappa shape index (κ3) is 21.7. The van der Waals surface area contributed by atoms with Crippen LogP contribution in [0.15, 0.2) is 121 Å². The number of esters is 12. The summed E-state index contributed by atoms with van der Waals surface area (Å²) in [6.45, 7) is 55.4. The van der Waals surface area contributed by atoms with E-state index in [2.05, 4.69) is 52.6 Å². The molecule has 122 heavy (non-hydrogen) atoms. The normalized spacial score (nSPS) is 37.1. The van der Waals surface area contributed by atoms with Gasteiger partial charge in [0.25, 0.3) is 0 Å². The first-order chi connectivity index (χ1) is 56.2. The third-order valence-electron chi connectivity index (χ3n) is 22.8. The molecule has 6 heterocycles. The van der Waals surface area contributed by atoms with Crippen LogP contribution in [-0.2, 0) is 143 Å². The lowest BCUT2D eigenvalue weighted by Gasteiger charge is -2.40. The Morgan fingerprint density at radius 3 is 1.02 bits per heavy atom. The van der Waals surface area contributed by atoms with E-state index in [4.69, 9.17) is 66.3 Å². The van der Waals surface area contributed by atoms with Crippen LogP contribution in [0.5, 0.6) is 0 Å². The summed E-state index contributed by atoms with van der Waals surface area (Å²) in [6, 6.07) is 0. The van der Waals surface area contributed by atoms with Gasteiger partial charge in [-0.05, 0) is 105 Å². The summed E-state index contributed by atoms with van der Waals surface area (Å²) in [4.78, 5) is 199. The highest BCUT2D eigenvalue weighted by molar-refractivity contribution is 6.00. The van der Waals surface area contributed by atoms with E-state index in [-0.39, 0.29) is 75.2 Å². The number of fused-ring (bicyclic) bond motifs is 6. The van der Waals surface area contributed by atoms with E-state index in [1.807, 2.05) is 20.8 Å². The van der Waals surface area contributed by atoms with Gasteiger partial charge < -0.3 is 86.7 Å². The van der Waals surface area contributed by atoms with Crippen molar-refractivity contribution in [1.29, 1.82) is 0 Å². The van der Waals surface area contributed by atoms with Crippen LogP contribution in [0.25, 0.3) is 0 Å². The van der Waals surface area contributed by atoms with Crippen molar-refractivity contribution in [2.45, 2.75) is 277 Å². The first-order valence-electron chi connectivity index (χ1n) is 39.8. The Kier molecular flexibility index (Phi) is 31.1. The van der Waals surface area contributed by atoms with E-state index in [1.54, 1.807) is 46.8 Å². The molecule has 34 nitrogen and oxygen atoms in total. The molecule has 10 aliphatic rings. The van der Waals surface area contributed by atoms with Gasteiger partial charge >= 0.3 is 71.6 Å². The molecular weight excluding hydrogens is 1600 g/mol. The summed E-state index contributed by atoms with van der Waals surface area (Å²) in [6.07, 6.45) is -12.5. The van der Waals surface area contributed by atoms with E-state index in [0.717, 1.165) is 19.4 Å². The summed E-state index contributed by atoms with van der Waals surface area (Å²) in [5, 5.41) is 44.7. The Bertz CT molecular complexity index is 4430. The van der Waals surface area contributed by atoms with Crippen LogP contribution in [-0.4, -0.2) is 235 Å². The number of allylic oxidation sites excluding steroid dienone is 2. The molecule has 0 aromatic heterocycles. The van der Waals surface area contributed by atoms with Crippen LogP contribution < -0.4 is 0 Å². The molecule has 10 rings (SSSR count). The highest BCUT2D eigenvalue weighted by Gasteiger charge is 2.66. The number of rotatable bonds is 14. The van der Waals surface area contributed by atoms with E-state index in [9.17, 15) is 97.1 Å². The van der Waals surface area contributed by atoms with Crippen molar-refractivity contribution in [3.8, 4) is 0 Å². The maximum atomic E-state index is 13.2. The highest BCUT2D eigenvalue weighted by Crippen LogP contribution is 2.49. The number of epoxide rings is 2. The molecule has 6 aliphatic heterocycles. The van der Waals surface area contributed by atoms with Gasteiger partial charge in [-0.15, -0.1) is 0 Å². The van der Waals surface area contributed by atoms with Crippen LogP contribution in [0.4, 0.5) is 0 Å². The van der Waals surface area contributed by atoms with E-state index in [0.29, 0.717) is 19.3 Å². The Labute approximate surface area is 706 Å². The number of carbonyl (C=O) groups is 16. The molecule has 2 saturated carbocycles. The third-order valence-corrected chi connectivity index (χ3v) is 22.8. The van der Waals surface area contributed by atoms with Crippen molar-refractivity contribution in [2.24, 2.45) is 53.3 Å². The Morgan fingerprint density at radius 2 is 0.713 bits per heavy atom. The quantitative estimate of drug-likeness (QED) is 0.0547. The molecule has 0 bridgehead atoms. The molecule has 0 spiro atoms. The number of aliphatic hydroxyl groups is 4. The molecule has 0 unspecified atom stereocenters. The lowest BCUT2D eigenvalue weighted by molar-refractivity contribution is -0.199. The summed E-state index contributed by atoms with van der Waals surface area (Å²) in [7, 11) is 0. The number of ketones is 4. The molecule has 0 aromatic carbocycles. The van der Waals surface area contributed by atoms with E-state index in [1.165, 1.54) is 61.5 Å². The minimum absolute atomic E-state index is 0.000884. The summed E-state index contributed by atoms with van der Waals surface area (Å²) in [5.41, 5.74) is -8.03. The van der Waals surface area contributed by atoms with Crippen molar-refractivity contribution >= 4 is 94.8 Å². The van der Waals surface area contributed by atoms with Gasteiger partial charge in [0, 0.05) is 71.3 Å². The van der Waals surface area contributed by atoms with Gasteiger partial charge in [-0.3, -0.25) is 38.4 Å². The van der Waals surface area contributed by atoms with Crippen molar-refractivity contribution in [2.75, 3.05) is 0 Å². The highest BCUT2D eigenvalue weighted by atomic mass is 16.6. The predicted molar refractivity (Wildman–Crippen MR) is 423 cm³/mol. The topological polar surface area (TPSA) is 490 Å². The van der Waals surface area contributed by atoms with Crippen molar-refractivity contribution in [3.05, 3.63) is 121 Å².